The highest BCUT2D eigenvalue weighted by Gasteiger charge is 2.24. The van der Waals surface area contributed by atoms with Crippen molar-refractivity contribution in [3.63, 3.8) is 0 Å². The van der Waals surface area contributed by atoms with Crippen LogP contribution in [0.3, 0.4) is 0 Å². The summed E-state index contributed by atoms with van der Waals surface area (Å²) in [6.45, 7) is 3.03. The average molecular weight is 290 g/mol. The van der Waals surface area contributed by atoms with Crippen molar-refractivity contribution in [1.82, 2.24) is 5.32 Å². The molecule has 1 aromatic rings. The molecule has 0 aromatic heterocycles. The molecule has 0 radical (unpaired) electrons. The lowest BCUT2D eigenvalue weighted by atomic mass is 9.84. The summed E-state index contributed by atoms with van der Waals surface area (Å²) in [5.74, 6) is 1.19. The van der Waals surface area contributed by atoms with E-state index in [4.69, 9.17) is 10.5 Å². The Morgan fingerprint density at radius 1 is 1.38 bits per heavy atom. The summed E-state index contributed by atoms with van der Waals surface area (Å²) in [6, 6.07) is 7.38. The van der Waals surface area contributed by atoms with Crippen molar-refractivity contribution in [3.05, 3.63) is 29.8 Å². The highest BCUT2D eigenvalue weighted by Crippen LogP contribution is 2.26. The zero-order valence-electron chi connectivity index (χ0n) is 12.8. The Morgan fingerprint density at radius 2 is 2.14 bits per heavy atom. The fourth-order valence-electron chi connectivity index (χ4n) is 3.05. The summed E-state index contributed by atoms with van der Waals surface area (Å²) in [6.07, 6.45) is 6.13. The molecule has 1 aromatic carbocycles. The Hall–Kier alpha value is -1.55. The molecule has 1 aliphatic carbocycles. The number of rotatable bonds is 6. The molecule has 1 saturated carbocycles. The van der Waals surface area contributed by atoms with E-state index in [2.05, 4.69) is 5.32 Å². The van der Waals surface area contributed by atoms with E-state index in [9.17, 15) is 4.79 Å². The zero-order chi connectivity index (χ0) is 15.1. The van der Waals surface area contributed by atoms with Gasteiger partial charge in [0, 0.05) is 18.2 Å². The number of carbonyl (C=O) groups excluding carboxylic acids is 1. The summed E-state index contributed by atoms with van der Waals surface area (Å²) in [5, 5.41) is 3.10. The normalized spacial score (nSPS) is 17.2. The maximum atomic E-state index is 12.4. The molecule has 1 amide bonds. The van der Waals surface area contributed by atoms with E-state index in [1.165, 1.54) is 32.1 Å². The smallest absolute Gasteiger partial charge is 0.251 e. The second-order valence-corrected chi connectivity index (χ2v) is 5.67. The number of nitrogens with two attached hydrogens (primary N) is 1. The molecule has 0 aliphatic heterocycles. The minimum Gasteiger partial charge on any atom is -0.494 e. The van der Waals surface area contributed by atoms with Gasteiger partial charge in [-0.1, -0.05) is 25.3 Å². The molecule has 0 saturated heterocycles. The van der Waals surface area contributed by atoms with Crippen LogP contribution < -0.4 is 15.8 Å². The summed E-state index contributed by atoms with van der Waals surface area (Å²) in [4.78, 5) is 12.4. The number of carbonyl (C=O) groups is 1. The predicted octanol–water partition coefficient (Wildman–Crippen LogP) is 2.72. The van der Waals surface area contributed by atoms with Crippen LogP contribution in [0.25, 0.3) is 0 Å². The monoisotopic (exact) mass is 290 g/mol. The Labute approximate surface area is 127 Å². The summed E-state index contributed by atoms with van der Waals surface area (Å²) < 4.78 is 5.44. The molecular formula is C17H26N2O2. The fourth-order valence-corrected chi connectivity index (χ4v) is 3.05. The van der Waals surface area contributed by atoms with E-state index in [0.29, 0.717) is 24.6 Å². The maximum absolute atomic E-state index is 12.4. The van der Waals surface area contributed by atoms with Crippen molar-refractivity contribution >= 4 is 5.91 Å². The molecule has 3 N–H and O–H groups in total. The minimum atomic E-state index is -0.0578. The number of hydrogen-bond acceptors (Lipinski definition) is 3. The van der Waals surface area contributed by atoms with Crippen LogP contribution in [0.2, 0.25) is 0 Å². The van der Waals surface area contributed by atoms with Crippen LogP contribution in [0.15, 0.2) is 24.3 Å². The van der Waals surface area contributed by atoms with Crippen LogP contribution in [0.1, 0.15) is 49.4 Å². The van der Waals surface area contributed by atoms with Crippen LogP contribution in [0.4, 0.5) is 0 Å². The van der Waals surface area contributed by atoms with Crippen molar-refractivity contribution in [2.75, 3.05) is 13.2 Å². The van der Waals surface area contributed by atoms with E-state index in [1.54, 1.807) is 6.07 Å². The van der Waals surface area contributed by atoms with E-state index < -0.39 is 0 Å². The molecule has 0 bridgehead atoms. The van der Waals surface area contributed by atoms with Crippen molar-refractivity contribution in [3.8, 4) is 5.75 Å². The fraction of sp³-hybridized carbons (Fsp3) is 0.588. The van der Waals surface area contributed by atoms with Crippen LogP contribution in [0, 0.1) is 5.92 Å². The second-order valence-electron chi connectivity index (χ2n) is 5.67. The van der Waals surface area contributed by atoms with Crippen molar-refractivity contribution < 1.29 is 9.53 Å². The molecule has 4 nitrogen and oxygen atoms in total. The van der Waals surface area contributed by atoms with Gasteiger partial charge in [0.2, 0.25) is 0 Å². The summed E-state index contributed by atoms with van der Waals surface area (Å²) >= 11 is 0. The van der Waals surface area contributed by atoms with Gasteiger partial charge in [-0.25, -0.2) is 0 Å². The van der Waals surface area contributed by atoms with Crippen molar-refractivity contribution in [2.24, 2.45) is 11.7 Å². The molecule has 0 heterocycles. The van der Waals surface area contributed by atoms with Gasteiger partial charge in [-0.15, -0.1) is 0 Å². The number of hydrogen-bond donors (Lipinski definition) is 2. The molecule has 2 rings (SSSR count). The van der Waals surface area contributed by atoms with Crippen LogP contribution in [-0.4, -0.2) is 25.1 Å². The Kier molecular flexibility index (Phi) is 6.05. The van der Waals surface area contributed by atoms with E-state index in [1.807, 2.05) is 25.1 Å². The molecule has 1 atom stereocenters. The number of benzene rings is 1. The predicted molar refractivity (Wildman–Crippen MR) is 84.5 cm³/mol. The van der Waals surface area contributed by atoms with E-state index in [0.717, 1.165) is 5.75 Å². The SMILES string of the molecule is CCOc1cccc(C(=O)NC(CN)C2CCCCC2)c1. The van der Waals surface area contributed by atoms with Crippen LogP contribution in [0.5, 0.6) is 5.75 Å². The largest absolute Gasteiger partial charge is 0.494 e. The number of nitrogens with one attached hydrogen (secondary N) is 1. The third kappa shape index (κ3) is 4.46. The molecule has 1 fully saturated rings. The van der Waals surface area contributed by atoms with Gasteiger partial charge in [-0.3, -0.25) is 4.79 Å². The number of ether oxygens (including phenoxy) is 1. The van der Waals surface area contributed by atoms with Gasteiger partial charge in [0.25, 0.3) is 5.91 Å². The Balaban J connectivity index is 1.99. The van der Waals surface area contributed by atoms with E-state index >= 15 is 0 Å². The molecule has 1 unspecified atom stereocenters. The first-order valence-electron chi connectivity index (χ1n) is 7.98. The lowest BCUT2D eigenvalue weighted by Crippen LogP contribution is -2.45. The van der Waals surface area contributed by atoms with Gasteiger partial charge in [-0.05, 0) is 43.9 Å². The molecule has 0 spiro atoms. The standard InChI is InChI=1S/C17H26N2O2/c1-2-21-15-10-6-9-14(11-15)17(20)19-16(12-18)13-7-4-3-5-8-13/h6,9-11,13,16H,2-5,7-8,12,18H2,1H3,(H,19,20). The van der Waals surface area contributed by atoms with Gasteiger partial charge < -0.3 is 15.8 Å². The lowest BCUT2D eigenvalue weighted by Gasteiger charge is -2.30. The lowest BCUT2D eigenvalue weighted by molar-refractivity contribution is 0.0915. The molecule has 1 aliphatic rings. The maximum Gasteiger partial charge on any atom is 0.251 e. The summed E-state index contributed by atoms with van der Waals surface area (Å²) in [7, 11) is 0. The highest BCUT2D eigenvalue weighted by molar-refractivity contribution is 5.94. The minimum absolute atomic E-state index is 0.0578. The van der Waals surface area contributed by atoms with Crippen LogP contribution in [-0.2, 0) is 0 Å². The van der Waals surface area contributed by atoms with Gasteiger partial charge in [-0.2, -0.15) is 0 Å². The number of amides is 1. The third-order valence-corrected chi connectivity index (χ3v) is 4.20. The first kappa shape index (κ1) is 15.8. The van der Waals surface area contributed by atoms with E-state index in [-0.39, 0.29) is 11.9 Å². The second kappa shape index (κ2) is 8.03. The van der Waals surface area contributed by atoms with Crippen molar-refractivity contribution in [1.29, 1.82) is 0 Å². The van der Waals surface area contributed by atoms with Gasteiger partial charge in [0.15, 0.2) is 0 Å². The van der Waals surface area contributed by atoms with Crippen molar-refractivity contribution in [2.45, 2.75) is 45.1 Å². The average Bonchev–Trinajstić information content (AvgIpc) is 2.54. The molecule has 21 heavy (non-hydrogen) atoms. The summed E-state index contributed by atoms with van der Waals surface area (Å²) in [5.41, 5.74) is 6.50. The zero-order valence-corrected chi connectivity index (χ0v) is 12.8. The first-order valence-corrected chi connectivity index (χ1v) is 7.98. The third-order valence-electron chi connectivity index (χ3n) is 4.20. The van der Waals surface area contributed by atoms with Gasteiger partial charge >= 0.3 is 0 Å². The molecular weight excluding hydrogens is 264 g/mol. The molecule has 116 valence electrons. The Morgan fingerprint density at radius 3 is 2.81 bits per heavy atom. The first-order chi connectivity index (χ1) is 10.2. The highest BCUT2D eigenvalue weighted by atomic mass is 16.5. The topological polar surface area (TPSA) is 64.3 Å². The molecule has 4 heteroatoms. The van der Waals surface area contributed by atoms with Gasteiger partial charge in [0.05, 0.1) is 6.61 Å². The van der Waals surface area contributed by atoms with Gasteiger partial charge in [0.1, 0.15) is 5.75 Å². The van der Waals surface area contributed by atoms with Crippen LogP contribution >= 0.6 is 0 Å². The Bertz CT molecular complexity index is 456. The quantitative estimate of drug-likeness (QED) is 0.846.